The summed E-state index contributed by atoms with van der Waals surface area (Å²) in [7, 11) is -4.21. The van der Waals surface area contributed by atoms with E-state index in [1.807, 2.05) is 31.2 Å². The standard InChI is InChI=1S/C28H29F2NO5S/c1-16-6-8-18(9-7-16)25-20-12-13-31(37(34,35)19-10-11-21(29)22(30)15-19)23(20)14-17(2)24(25)26(27(32)33)36-28(3,4)5/h6-11,14-15,26H,12-13H2,1-5H3,(H,32,33). The highest BCUT2D eigenvalue weighted by molar-refractivity contribution is 7.92. The van der Waals surface area contributed by atoms with Crippen molar-refractivity contribution in [3.63, 3.8) is 0 Å². The molecule has 0 saturated carbocycles. The molecule has 0 aromatic heterocycles. The molecular weight excluding hydrogens is 500 g/mol. The predicted molar refractivity (Wildman–Crippen MR) is 137 cm³/mol. The summed E-state index contributed by atoms with van der Waals surface area (Å²) in [6.07, 6.45) is -0.991. The van der Waals surface area contributed by atoms with Gasteiger partial charge in [-0.05, 0) is 87.6 Å². The summed E-state index contributed by atoms with van der Waals surface area (Å²) in [5.41, 5.74) is 3.61. The Morgan fingerprint density at radius 1 is 1.03 bits per heavy atom. The molecule has 0 spiro atoms. The normalized spacial score (nSPS) is 14.5. The first-order chi connectivity index (χ1) is 17.2. The number of anilines is 1. The van der Waals surface area contributed by atoms with E-state index in [0.717, 1.165) is 23.3 Å². The van der Waals surface area contributed by atoms with Gasteiger partial charge in [-0.25, -0.2) is 22.0 Å². The van der Waals surface area contributed by atoms with Gasteiger partial charge in [0, 0.05) is 12.1 Å². The van der Waals surface area contributed by atoms with Gasteiger partial charge in [-0.3, -0.25) is 4.31 Å². The number of aryl methyl sites for hydroxylation is 2. The molecule has 1 atom stereocenters. The summed E-state index contributed by atoms with van der Waals surface area (Å²) in [6.45, 7) is 9.03. The topological polar surface area (TPSA) is 83.9 Å². The van der Waals surface area contributed by atoms with Crippen molar-refractivity contribution in [1.82, 2.24) is 0 Å². The van der Waals surface area contributed by atoms with Crippen molar-refractivity contribution in [2.45, 2.75) is 57.6 Å². The lowest BCUT2D eigenvalue weighted by Gasteiger charge is -2.29. The highest BCUT2D eigenvalue weighted by Crippen LogP contribution is 2.45. The van der Waals surface area contributed by atoms with E-state index >= 15 is 0 Å². The van der Waals surface area contributed by atoms with Crippen molar-refractivity contribution in [2.75, 3.05) is 10.8 Å². The molecule has 3 aromatic carbocycles. The fourth-order valence-electron chi connectivity index (χ4n) is 4.66. The fourth-order valence-corrected chi connectivity index (χ4v) is 6.16. The average Bonchev–Trinajstić information content (AvgIpc) is 3.22. The van der Waals surface area contributed by atoms with Crippen molar-refractivity contribution in [3.8, 4) is 11.1 Å². The average molecular weight is 530 g/mol. The van der Waals surface area contributed by atoms with E-state index in [1.165, 1.54) is 4.31 Å². The first kappa shape index (κ1) is 26.8. The lowest BCUT2D eigenvalue weighted by atomic mass is 9.86. The summed E-state index contributed by atoms with van der Waals surface area (Å²) < 4.78 is 61.5. The number of carboxylic acid groups (broad SMARTS) is 1. The molecule has 1 heterocycles. The maximum Gasteiger partial charge on any atom is 0.337 e. The molecule has 4 rings (SSSR count). The Labute approximate surface area is 215 Å². The van der Waals surface area contributed by atoms with E-state index in [2.05, 4.69) is 0 Å². The van der Waals surface area contributed by atoms with Crippen LogP contribution in [-0.4, -0.2) is 31.6 Å². The number of hydrogen-bond acceptors (Lipinski definition) is 4. The van der Waals surface area contributed by atoms with E-state index in [0.29, 0.717) is 40.4 Å². The predicted octanol–water partition coefficient (Wildman–Crippen LogP) is 5.94. The smallest absolute Gasteiger partial charge is 0.337 e. The number of benzene rings is 3. The first-order valence-electron chi connectivity index (χ1n) is 11.8. The molecule has 6 nitrogen and oxygen atoms in total. The van der Waals surface area contributed by atoms with Crippen LogP contribution in [0.25, 0.3) is 11.1 Å². The third kappa shape index (κ3) is 5.10. The van der Waals surface area contributed by atoms with Gasteiger partial charge in [0.2, 0.25) is 0 Å². The van der Waals surface area contributed by atoms with Gasteiger partial charge in [-0.2, -0.15) is 0 Å². The van der Waals surface area contributed by atoms with Crippen molar-refractivity contribution >= 4 is 21.7 Å². The van der Waals surface area contributed by atoms with Crippen LogP contribution in [-0.2, 0) is 26.0 Å². The van der Waals surface area contributed by atoms with Crippen molar-refractivity contribution in [3.05, 3.63) is 82.4 Å². The number of carboxylic acids is 1. The number of ether oxygens (including phenoxy) is 1. The molecule has 1 N–H and O–H groups in total. The maximum absolute atomic E-state index is 13.9. The van der Waals surface area contributed by atoms with Crippen molar-refractivity contribution in [2.24, 2.45) is 0 Å². The van der Waals surface area contributed by atoms with Gasteiger partial charge in [0.25, 0.3) is 10.0 Å². The Morgan fingerprint density at radius 3 is 2.24 bits per heavy atom. The molecule has 9 heteroatoms. The number of fused-ring (bicyclic) bond motifs is 1. The number of aliphatic carboxylic acids is 1. The lowest BCUT2D eigenvalue weighted by molar-refractivity contribution is -0.160. The summed E-state index contributed by atoms with van der Waals surface area (Å²) in [5, 5.41) is 10.2. The van der Waals surface area contributed by atoms with Gasteiger partial charge in [0.15, 0.2) is 17.7 Å². The molecule has 0 radical (unpaired) electrons. The highest BCUT2D eigenvalue weighted by atomic mass is 32.2. The molecule has 1 aliphatic heterocycles. The quantitative estimate of drug-likeness (QED) is 0.427. The number of nitrogens with zero attached hydrogens (tertiary/aromatic N) is 1. The summed E-state index contributed by atoms with van der Waals surface area (Å²) in [4.78, 5) is 12.1. The van der Waals surface area contributed by atoms with Crippen LogP contribution in [0.5, 0.6) is 0 Å². The minimum absolute atomic E-state index is 0.0658. The molecule has 1 unspecified atom stereocenters. The van der Waals surface area contributed by atoms with Gasteiger partial charge in [-0.15, -0.1) is 0 Å². The van der Waals surface area contributed by atoms with Gasteiger partial charge >= 0.3 is 5.97 Å². The molecule has 196 valence electrons. The molecule has 0 aliphatic carbocycles. The van der Waals surface area contributed by atoms with Crippen LogP contribution in [0.15, 0.2) is 53.4 Å². The molecule has 0 bridgehead atoms. The molecule has 0 amide bonds. The Kier molecular flexibility index (Phi) is 6.90. The second-order valence-corrected chi connectivity index (χ2v) is 12.1. The van der Waals surface area contributed by atoms with E-state index < -0.39 is 39.3 Å². The maximum atomic E-state index is 13.9. The van der Waals surface area contributed by atoms with Crippen LogP contribution in [0.2, 0.25) is 0 Å². The minimum atomic E-state index is -4.21. The number of hydrogen-bond donors (Lipinski definition) is 1. The third-order valence-corrected chi connectivity index (χ3v) is 8.08. The highest BCUT2D eigenvalue weighted by Gasteiger charge is 2.38. The van der Waals surface area contributed by atoms with Gasteiger partial charge in [0.1, 0.15) is 0 Å². The van der Waals surface area contributed by atoms with E-state index in [4.69, 9.17) is 4.74 Å². The first-order valence-corrected chi connectivity index (χ1v) is 13.3. The molecule has 0 fully saturated rings. The van der Waals surface area contributed by atoms with Gasteiger partial charge < -0.3 is 9.84 Å². The SMILES string of the molecule is Cc1ccc(-c2c3c(cc(C)c2C(OC(C)(C)C)C(=O)O)N(S(=O)(=O)c2ccc(F)c(F)c2)CC3)cc1. The van der Waals surface area contributed by atoms with Crippen LogP contribution in [0.3, 0.4) is 0 Å². The summed E-state index contributed by atoms with van der Waals surface area (Å²) in [5.74, 6) is -3.55. The Balaban J connectivity index is 1.97. The Bertz CT molecular complexity index is 1480. The zero-order valence-electron chi connectivity index (χ0n) is 21.3. The van der Waals surface area contributed by atoms with Crippen LogP contribution >= 0.6 is 0 Å². The summed E-state index contributed by atoms with van der Waals surface area (Å²) in [6, 6.07) is 11.7. The van der Waals surface area contributed by atoms with Crippen LogP contribution in [0, 0.1) is 25.5 Å². The molecular formula is C28H29F2NO5S. The van der Waals surface area contributed by atoms with E-state index in [9.17, 15) is 27.1 Å². The number of halogens is 2. The van der Waals surface area contributed by atoms with Gasteiger partial charge in [0.05, 0.1) is 16.2 Å². The molecule has 1 aliphatic rings. The number of rotatable bonds is 6. The van der Waals surface area contributed by atoms with E-state index in [-0.39, 0.29) is 11.4 Å². The molecule has 3 aromatic rings. The third-order valence-electron chi connectivity index (χ3n) is 6.27. The monoisotopic (exact) mass is 529 g/mol. The van der Waals surface area contributed by atoms with Crippen molar-refractivity contribution in [1.29, 1.82) is 0 Å². The van der Waals surface area contributed by atoms with E-state index in [1.54, 1.807) is 33.8 Å². The van der Waals surface area contributed by atoms with Crippen LogP contribution in [0.4, 0.5) is 14.5 Å². The minimum Gasteiger partial charge on any atom is -0.479 e. The van der Waals surface area contributed by atoms with Crippen molar-refractivity contribution < 1.29 is 31.8 Å². The second-order valence-electron chi connectivity index (χ2n) is 10.2. The van der Waals surface area contributed by atoms with Crippen LogP contribution < -0.4 is 4.31 Å². The number of carbonyl (C=O) groups is 1. The summed E-state index contributed by atoms with van der Waals surface area (Å²) >= 11 is 0. The Hall–Kier alpha value is -3.30. The van der Waals surface area contributed by atoms with Gasteiger partial charge in [-0.1, -0.05) is 29.8 Å². The second kappa shape index (κ2) is 9.54. The zero-order chi connectivity index (χ0) is 27.3. The number of sulfonamides is 1. The largest absolute Gasteiger partial charge is 0.479 e. The van der Waals surface area contributed by atoms with Crippen LogP contribution in [0.1, 0.15) is 49.1 Å². The molecule has 0 saturated heterocycles. The zero-order valence-corrected chi connectivity index (χ0v) is 22.1. The molecule has 37 heavy (non-hydrogen) atoms. The fraction of sp³-hybridized carbons (Fsp3) is 0.321. The Morgan fingerprint density at radius 2 is 1.68 bits per heavy atom. The lowest BCUT2D eigenvalue weighted by Crippen LogP contribution is -2.30.